The number of likely N-dealkylation sites (N-methyl/N-ethyl adjacent to an activating group) is 1. The van der Waals surface area contributed by atoms with Crippen molar-refractivity contribution in [3.63, 3.8) is 0 Å². The van der Waals surface area contributed by atoms with E-state index in [2.05, 4.69) is 29.2 Å². The number of benzene rings is 1. The van der Waals surface area contributed by atoms with Crippen LogP contribution in [-0.4, -0.2) is 61.4 Å². The summed E-state index contributed by atoms with van der Waals surface area (Å²) >= 11 is 14.2. The summed E-state index contributed by atoms with van der Waals surface area (Å²) in [6.45, 7) is 5.85. The van der Waals surface area contributed by atoms with Crippen molar-refractivity contribution in [1.29, 1.82) is 0 Å². The Balaban J connectivity index is 1.97. The van der Waals surface area contributed by atoms with Gasteiger partial charge in [-0.3, -0.25) is 9.59 Å². The van der Waals surface area contributed by atoms with Gasteiger partial charge in [-0.25, -0.2) is 0 Å². The van der Waals surface area contributed by atoms with Crippen molar-refractivity contribution in [2.24, 2.45) is 0 Å². The van der Waals surface area contributed by atoms with Gasteiger partial charge < -0.3 is 14.7 Å². The van der Waals surface area contributed by atoms with Gasteiger partial charge in [-0.05, 0) is 40.8 Å². The van der Waals surface area contributed by atoms with E-state index in [1.165, 1.54) is 6.08 Å². The summed E-state index contributed by atoms with van der Waals surface area (Å²) in [5, 5.41) is 0.954. The molecule has 0 spiro atoms. The molecule has 1 fully saturated rings. The van der Waals surface area contributed by atoms with E-state index in [4.69, 9.17) is 23.2 Å². The van der Waals surface area contributed by atoms with Crippen molar-refractivity contribution in [2.75, 3.05) is 44.7 Å². The molecule has 0 bridgehead atoms. The maximum Gasteiger partial charge on any atom is 0.246 e. The first-order valence-corrected chi connectivity index (χ1v) is 9.21. The SMILES string of the molecule is C=CC(=O)N1CCN(C(=O)CN(C)c2cc(Cl)c(Cl)cc2I)CC1. The number of amides is 2. The van der Waals surface area contributed by atoms with Gasteiger partial charge in [0.15, 0.2) is 0 Å². The molecule has 5 nitrogen and oxygen atoms in total. The second-order valence-electron chi connectivity index (χ2n) is 5.48. The monoisotopic (exact) mass is 481 g/mol. The molecular formula is C16H18Cl2IN3O2. The fraction of sp³-hybridized carbons (Fsp3) is 0.375. The Morgan fingerprint density at radius 2 is 1.75 bits per heavy atom. The van der Waals surface area contributed by atoms with Gasteiger partial charge in [-0.2, -0.15) is 0 Å². The van der Waals surface area contributed by atoms with Gasteiger partial charge >= 0.3 is 0 Å². The van der Waals surface area contributed by atoms with Crippen LogP contribution in [-0.2, 0) is 9.59 Å². The zero-order valence-corrected chi connectivity index (χ0v) is 16.9. The highest BCUT2D eigenvalue weighted by Crippen LogP contribution is 2.31. The largest absolute Gasteiger partial charge is 0.364 e. The summed E-state index contributed by atoms with van der Waals surface area (Å²) in [5.74, 6) is -0.0744. The quantitative estimate of drug-likeness (QED) is 0.377. The van der Waals surface area contributed by atoms with Crippen LogP contribution in [0.5, 0.6) is 0 Å². The normalized spacial score (nSPS) is 14.5. The van der Waals surface area contributed by atoms with E-state index in [1.807, 2.05) is 11.9 Å². The number of halogens is 3. The zero-order valence-electron chi connectivity index (χ0n) is 13.3. The summed E-state index contributed by atoms with van der Waals surface area (Å²) in [6, 6.07) is 3.54. The number of piperazine rings is 1. The van der Waals surface area contributed by atoms with Crippen LogP contribution in [0.4, 0.5) is 5.69 Å². The molecule has 0 N–H and O–H groups in total. The molecule has 1 aliphatic rings. The minimum atomic E-state index is -0.0930. The van der Waals surface area contributed by atoms with Gasteiger partial charge in [0.2, 0.25) is 11.8 Å². The van der Waals surface area contributed by atoms with E-state index in [-0.39, 0.29) is 18.4 Å². The van der Waals surface area contributed by atoms with Gasteiger partial charge in [0.05, 0.1) is 22.3 Å². The number of carbonyl (C=O) groups excluding carboxylic acids is 2. The molecule has 0 radical (unpaired) electrons. The fourth-order valence-corrected chi connectivity index (χ4v) is 3.88. The molecule has 1 aliphatic heterocycles. The Kier molecular flexibility index (Phi) is 6.77. The Labute approximate surface area is 165 Å². The number of hydrogen-bond donors (Lipinski definition) is 0. The van der Waals surface area contributed by atoms with Gasteiger partial charge in [-0.1, -0.05) is 29.8 Å². The molecule has 2 amide bonds. The van der Waals surface area contributed by atoms with Crippen LogP contribution >= 0.6 is 45.8 Å². The molecule has 1 aromatic carbocycles. The topological polar surface area (TPSA) is 43.9 Å². The average molecular weight is 482 g/mol. The predicted molar refractivity (Wildman–Crippen MR) is 106 cm³/mol. The molecule has 24 heavy (non-hydrogen) atoms. The van der Waals surface area contributed by atoms with Crippen molar-refractivity contribution in [2.45, 2.75) is 0 Å². The third-order valence-corrected chi connectivity index (χ3v) is 5.48. The first kappa shape index (κ1) is 19.3. The molecule has 8 heteroatoms. The highest BCUT2D eigenvalue weighted by molar-refractivity contribution is 14.1. The van der Waals surface area contributed by atoms with Crippen molar-refractivity contribution < 1.29 is 9.59 Å². The Morgan fingerprint density at radius 3 is 2.33 bits per heavy atom. The summed E-state index contributed by atoms with van der Waals surface area (Å²) < 4.78 is 0.929. The molecule has 1 heterocycles. The lowest BCUT2D eigenvalue weighted by Gasteiger charge is -2.35. The van der Waals surface area contributed by atoms with Crippen LogP contribution in [0.3, 0.4) is 0 Å². The maximum absolute atomic E-state index is 12.5. The van der Waals surface area contributed by atoms with E-state index < -0.39 is 0 Å². The molecule has 0 aromatic heterocycles. The van der Waals surface area contributed by atoms with E-state index in [0.29, 0.717) is 36.2 Å². The minimum absolute atomic E-state index is 0.0186. The van der Waals surface area contributed by atoms with Crippen LogP contribution in [0.25, 0.3) is 0 Å². The Morgan fingerprint density at radius 1 is 1.21 bits per heavy atom. The predicted octanol–water partition coefficient (Wildman–Crippen LogP) is 2.89. The standard InChI is InChI=1S/C16H18Cl2IN3O2/c1-3-15(23)21-4-6-22(7-5-21)16(24)10-20(2)14-9-12(18)11(17)8-13(14)19/h3,8-9H,1,4-7,10H2,2H3. The van der Waals surface area contributed by atoms with E-state index >= 15 is 0 Å². The first-order valence-electron chi connectivity index (χ1n) is 7.38. The Bertz CT molecular complexity index is 661. The van der Waals surface area contributed by atoms with Crippen LogP contribution < -0.4 is 4.90 Å². The third kappa shape index (κ3) is 4.55. The van der Waals surface area contributed by atoms with Gasteiger partial charge in [0.1, 0.15) is 0 Å². The number of rotatable bonds is 4. The van der Waals surface area contributed by atoms with Crippen LogP contribution in [0.2, 0.25) is 10.0 Å². The summed E-state index contributed by atoms with van der Waals surface area (Å²) in [5.41, 5.74) is 0.860. The van der Waals surface area contributed by atoms with Crippen molar-refractivity contribution in [3.8, 4) is 0 Å². The maximum atomic E-state index is 12.5. The average Bonchev–Trinajstić information content (AvgIpc) is 2.57. The molecule has 1 saturated heterocycles. The molecule has 0 saturated carbocycles. The lowest BCUT2D eigenvalue weighted by atomic mass is 10.2. The highest BCUT2D eigenvalue weighted by atomic mass is 127. The van der Waals surface area contributed by atoms with Gasteiger partial charge in [-0.15, -0.1) is 0 Å². The van der Waals surface area contributed by atoms with Gasteiger partial charge in [0.25, 0.3) is 0 Å². The minimum Gasteiger partial charge on any atom is -0.364 e. The first-order chi connectivity index (χ1) is 11.3. The van der Waals surface area contributed by atoms with Crippen molar-refractivity contribution in [3.05, 3.63) is 38.4 Å². The second kappa shape index (κ2) is 8.40. The number of anilines is 1. The second-order valence-corrected chi connectivity index (χ2v) is 7.46. The van der Waals surface area contributed by atoms with E-state index in [9.17, 15) is 9.59 Å². The molecule has 2 rings (SSSR count). The summed E-state index contributed by atoms with van der Waals surface area (Å²) in [4.78, 5) is 29.4. The molecular weight excluding hydrogens is 464 g/mol. The zero-order chi connectivity index (χ0) is 17.9. The van der Waals surface area contributed by atoms with Gasteiger partial charge in [0, 0.05) is 36.8 Å². The van der Waals surface area contributed by atoms with E-state index in [0.717, 1.165) is 9.26 Å². The lowest BCUT2D eigenvalue weighted by molar-refractivity contribution is -0.136. The molecule has 1 aromatic rings. The molecule has 0 unspecified atom stereocenters. The van der Waals surface area contributed by atoms with Crippen molar-refractivity contribution >= 4 is 63.3 Å². The van der Waals surface area contributed by atoms with E-state index in [1.54, 1.807) is 21.9 Å². The number of carbonyl (C=O) groups is 2. The fourth-order valence-electron chi connectivity index (χ4n) is 2.50. The molecule has 130 valence electrons. The third-order valence-electron chi connectivity index (χ3n) is 3.89. The smallest absolute Gasteiger partial charge is 0.246 e. The van der Waals surface area contributed by atoms with Crippen LogP contribution in [0.1, 0.15) is 0 Å². The lowest BCUT2D eigenvalue weighted by Crippen LogP contribution is -2.52. The Hall–Kier alpha value is -0.990. The molecule has 0 atom stereocenters. The summed E-state index contributed by atoms with van der Waals surface area (Å²) in [7, 11) is 1.84. The van der Waals surface area contributed by atoms with Crippen LogP contribution in [0.15, 0.2) is 24.8 Å². The van der Waals surface area contributed by atoms with Crippen LogP contribution in [0, 0.1) is 3.57 Å². The number of nitrogens with zero attached hydrogens (tertiary/aromatic N) is 3. The van der Waals surface area contributed by atoms with Crippen molar-refractivity contribution in [1.82, 2.24) is 9.80 Å². The molecule has 0 aliphatic carbocycles. The summed E-state index contributed by atoms with van der Waals surface area (Å²) in [6.07, 6.45) is 1.30. The highest BCUT2D eigenvalue weighted by Gasteiger charge is 2.24. The number of hydrogen-bond acceptors (Lipinski definition) is 3.